The normalized spacial score (nSPS) is 12.4. The van der Waals surface area contributed by atoms with Crippen LogP contribution < -0.4 is 29.6 Å². The molecule has 0 fully saturated rings. The molecule has 0 aliphatic heterocycles. The Kier molecular flexibility index (Phi) is 9.69. The van der Waals surface area contributed by atoms with Gasteiger partial charge in [-0.1, -0.05) is 0 Å². The highest BCUT2D eigenvalue weighted by Crippen LogP contribution is 2.19. The molecule has 0 saturated carbocycles. The van der Waals surface area contributed by atoms with Gasteiger partial charge in [0.1, 0.15) is 48.4 Å². The number of aliphatic hydroxyl groups is 2. The molecule has 0 aliphatic rings. The summed E-state index contributed by atoms with van der Waals surface area (Å²) in [4.78, 5) is 0. The van der Waals surface area contributed by atoms with E-state index in [1.807, 2.05) is 48.5 Å². The lowest BCUT2D eigenvalue weighted by Gasteiger charge is -2.16. The van der Waals surface area contributed by atoms with Gasteiger partial charge < -0.3 is 39.8 Å². The Morgan fingerprint density at radius 1 is 0.559 bits per heavy atom. The van der Waals surface area contributed by atoms with Gasteiger partial charge in [0.2, 0.25) is 0 Å². The van der Waals surface area contributed by atoms with Crippen molar-refractivity contribution in [3.8, 4) is 23.0 Å². The Morgan fingerprint density at radius 3 is 1.21 bits per heavy atom. The van der Waals surface area contributed by atoms with Crippen LogP contribution in [0.4, 0.5) is 11.4 Å². The van der Waals surface area contributed by atoms with E-state index >= 15 is 0 Å². The fourth-order valence-corrected chi connectivity index (χ4v) is 3.02. The van der Waals surface area contributed by atoms with Crippen molar-refractivity contribution in [1.82, 2.24) is 0 Å². The number of anilines is 2. The van der Waals surface area contributed by atoms with Gasteiger partial charge in [-0.25, -0.2) is 0 Å². The van der Waals surface area contributed by atoms with Crippen molar-refractivity contribution in [2.24, 2.45) is 0 Å². The number of rotatable bonds is 14. The Morgan fingerprint density at radius 2 is 0.882 bits per heavy atom. The van der Waals surface area contributed by atoms with E-state index in [0.29, 0.717) is 24.6 Å². The molecule has 2 atom stereocenters. The molecular formula is C26H32N2O6. The van der Waals surface area contributed by atoms with E-state index in [1.54, 1.807) is 38.5 Å². The van der Waals surface area contributed by atoms with E-state index < -0.39 is 12.2 Å². The fourth-order valence-electron chi connectivity index (χ4n) is 3.02. The van der Waals surface area contributed by atoms with Crippen LogP contribution in [0.15, 0.2) is 72.8 Å². The van der Waals surface area contributed by atoms with E-state index in [9.17, 15) is 10.2 Å². The van der Waals surface area contributed by atoms with Gasteiger partial charge in [-0.3, -0.25) is 0 Å². The van der Waals surface area contributed by atoms with Crippen molar-refractivity contribution in [3.63, 3.8) is 0 Å². The number of nitrogens with one attached hydrogen (secondary N) is 2. The van der Waals surface area contributed by atoms with Gasteiger partial charge in [-0.05, 0) is 72.8 Å². The van der Waals surface area contributed by atoms with Crippen LogP contribution in [0.5, 0.6) is 23.0 Å². The summed E-state index contributed by atoms with van der Waals surface area (Å²) in [5, 5.41) is 26.6. The lowest BCUT2D eigenvalue weighted by Crippen LogP contribution is -2.26. The van der Waals surface area contributed by atoms with E-state index in [1.165, 1.54) is 0 Å². The SMILES string of the molecule is COc1ccc(NC[C@@H](O)COc2ccc(OC[C@H](O)CNc3ccc(OC)cc3)cc2)cc1. The maximum Gasteiger partial charge on any atom is 0.119 e. The maximum atomic E-state index is 10.2. The van der Waals surface area contributed by atoms with Gasteiger partial charge in [-0.15, -0.1) is 0 Å². The molecule has 0 aromatic heterocycles. The first-order valence-corrected chi connectivity index (χ1v) is 11.0. The fraction of sp³-hybridized carbons (Fsp3) is 0.308. The molecule has 0 radical (unpaired) electrons. The van der Waals surface area contributed by atoms with Gasteiger partial charge in [0, 0.05) is 24.5 Å². The Balaban J connectivity index is 1.32. The molecule has 0 bridgehead atoms. The molecular weight excluding hydrogens is 436 g/mol. The number of aliphatic hydroxyl groups excluding tert-OH is 2. The Hall–Kier alpha value is -3.62. The molecule has 0 heterocycles. The third-order valence-corrected chi connectivity index (χ3v) is 4.97. The third kappa shape index (κ3) is 8.38. The molecule has 0 amide bonds. The molecule has 0 unspecified atom stereocenters. The quantitative estimate of drug-likeness (QED) is 0.286. The second kappa shape index (κ2) is 13.2. The van der Waals surface area contributed by atoms with Crippen LogP contribution in [0.2, 0.25) is 0 Å². The molecule has 0 aliphatic carbocycles. The summed E-state index contributed by atoms with van der Waals surface area (Å²) in [6.45, 7) is 1.02. The van der Waals surface area contributed by atoms with E-state index in [0.717, 1.165) is 22.9 Å². The largest absolute Gasteiger partial charge is 0.497 e. The summed E-state index contributed by atoms with van der Waals surface area (Å²) in [7, 11) is 3.24. The molecule has 0 saturated heterocycles. The first kappa shape index (κ1) is 25.0. The van der Waals surface area contributed by atoms with Crippen LogP contribution in [0.25, 0.3) is 0 Å². The van der Waals surface area contributed by atoms with Crippen molar-refractivity contribution in [2.45, 2.75) is 12.2 Å². The zero-order valence-corrected chi connectivity index (χ0v) is 19.4. The number of ether oxygens (including phenoxy) is 4. The molecule has 8 heteroatoms. The molecule has 34 heavy (non-hydrogen) atoms. The van der Waals surface area contributed by atoms with Crippen LogP contribution >= 0.6 is 0 Å². The lowest BCUT2D eigenvalue weighted by molar-refractivity contribution is 0.115. The predicted molar refractivity (Wildman–Crippen MR) is 132 cm³/mol. The van der Waals surface area contributed by atoms with Crippen molar-refractivity contribution < 1.29 is 29.2 Å². The topological polar surface area (TPSA) is 101 Å². The van der Waals surface area contributed by atoms with Crippen LogP contribution in [0, 0.1) is 0 Å². The van der Waals surface area contributed by atoms with Crippen molar-refractivity contribution >= 4 is 11.4 Å². The Bertz CT molecular complexity index is 884. The summed E-state index contributed by atoms with van der Waals surface area (Å²) < 4.78 is 21.5. The highest BCUT2D eigenvalue weighted by Gasteiger charge is 2.08. The molecule has 0 spiro atoms. The molecule has 8 nitrogen and oxygen atoms in total. The predicted octanol–water partition coefficient (Wildman–Crippen LogP) is 3.41. The number of hydrogen-bond donors (Lipinski definition) is 4. The monoisotopic (exact) mass is 468 g/mol. The first-order chi connectivity index (χ1) is 16.6. The minimum absolute atomic E-state index is 0.152. The standard InChI is InChI=1S/C26H32N2O6/c1-31-23-7-3-19(4-8-23)27-15-21(29)17-33-25-11-13-26(14-12-25)34-18-22(30)16-28-20-5-9-24(32-2)10-6-20/h3-14,21-22,27-30H,15-18H2,1-2H3/t21-,22-/m1/s1. The summed E-state index contributed by atoms with van der Waals surface area (Å²) in [6, 6.07) is 22.0. The minimum atomic E-state index is -0.675. The van der Waals surface area contributed by atoms with Crippen LogP contribution in [0.1, 0.15) is 0 Å². The number of methoxy groups -OCH3 is 2. The van der Waals surface area contributed by atoms with Crippen molar-refractivity contribution in [1.29, 1.82) is 0 Å². The Labute approximate surface area is 200 Å². The summed E-state index contributed by atoms with van der Waals surface area (Å²) in [6.07, 6.45) is -1.35. The van der Waals surface area contributed by atoms with Crippen molar-refractivity contribution in [3.05, 3.63) is 72.8 Å². The van der Waals surface area contributed by atoms with Gasteiger partial charge in [-0.2, -0.15) is 0 Å². The van der Waals surface area contributed by atoms with E-state index in [4.69, 9.17) is 18.9 Å². The van der Waals surface area contributed by atoms with Gasteiger partial charge >= 0.3 is 0 Å². The smallest absolute Gasteiger partial charge is 0.119 e. The zero-order valence-electron chi connectivity index (χ0n) is 19.4. The number of benzene rings is 3. The van der Waals surface area contributed by atoms with Crippen LogP contribution in [-0.2, 0) is 0 Å². The molecule has 4 N–H and O–H groups in total. The molecule has 182 valence electrons. The zero-order chi connectivity index (χ0) is 24.2. The van der Waals surface area contributed by atoms with Crippen LogP contribution in [-0.4, -0.2) is 62.9 Å². The maximum absolute atomic E-state index is 10.2. The molecule has 3 aromatic carbocycles. The summed E-state index contributed by atoms with van der Waals surface area (Å²) in [5.41, 5.74) is 1.78. The second-order valence-electron chi connectivity index (χ2n) is 7.62. The average Bonchev–Trinajstić information content (AvgIpc) is 2.89. The lowest BCUT2D eigenvalue weighted by atomic mass is 10.3. The van der Waals surface area contributed by atoms with Gasteiger partial charge in [0.05, 0.1) is 14.2 Å². The highest BCUT2D eigenvalue weighted by atomic mass is 16.5. The van der Waals surface area contributed by atoms with E-state index in [-0.39, 0.29) is 13.2 Å². The molecule has 3 aromatic rings. The summed E-state index contributed by atoms with van der Waals surface area (Å²) in [5.74, 6) is 2.80. The van der Waals surface area contributed by atoms with Gasteiger partial charge in [0.25, 0.3) is 0 Å². The summed E-state index contributed by atoms with van der Waals surface area (Å²) >= 11 is 0. The van der Waals surface area contributed by atoms with Crippen LogP contribution in [0.3, 0.4) is 0 Å². The van der Waals surface area contributed by atoms with Crippen molar-refractivity contribution in [2.75, 3.05) is 51.2 Å². The number of hydrogen-bond acceptors (Lipinski definition) is 8. The van der Waals surface area contributed by atoms with Gasteiger partial charge in [0.15, 0.2) is 0 Å². The third-order valence-electron chi connectivity index (χ3n) is 4.97. The average molecular weight is 469 g/mol. The molecule has 3 rings (SSSR count). The second-order valence-corrected chi connectivity index (χ2v) is 7.62. The first-order valence-electron chi connectivity index (χ1n) is 11.0. The minimum Gasteiger partial charge on any atom is -0.497 e. The van der Waals surface area contributed by atoms with E-state index in [2.05, 4.69) is 10.6 Å². The highest BCUT2D eigenvalue weighted by molar-refractivity contribution is 5.47.